The highest BCUT2D eigenvalue weighted by molar-refractivity contribution is 5.94. The van der Waals surface area contributed by atoms with Gasteiger partial charge in [0, 0.05) is 32.0 Å². The Labute approximate surface area is 126 Å². The molecule has 1 saturated carbocycles. The number of fused-ring (bicyclic) bond motifs is 1. The number of carbonyl (C=O) groups excluding carboxylic acids is 1. The number of nitrogens with one attached hydrogen (secondary N) is 1. The fourth-order valence-corrected chi connectivity index (χ4v) is 3.58. The van der Waals surface area contributed by atoms with Crippen LogP contribution in [0.1, 0.15) is 38.2 Å². The van der Waals surface area contributed by atoms with Crippen molar-refractivity contribution in [3.8, 4) is 0 Å². The number of ether oxygens (including phenoxy) is 1. The van der Waals surface area contributed by atoms with Gasteiger partial charge in [0.15, 0.2) is 0 Å². The van der Waals surface area contributed by atoms with Gasteiger partial charge in [0.2, 0.25) is 5.91 Å². The number of benzene rings is 1. The molecule has 1 heterocycles. The molecule has 1 amide bonds. The smallest absolute Gasteiger partial charge is 0.223 e. The number of nitrogens with zero attached hydrogens (tertiary/aromatic N) is 1. The summed E-state index contributed by atoms with van der Waals surface area (Å²) in [6.45, 7) is 2.44. The summed E-state index contributed by atoms with van der Waals surface area (Å²) in [5, 5.41) is 3.63. The first-order valence-electron chi connectivity index (χ1n) is 7.89. The highest BCUT2D eigenvalue weighted by Crippen LogP contribution is 2.32. The van der Waals surface area contributed by atoms with E-state index in [1.807, 2.05) is 4.90 Å². The molecule has 1 aromatic rings. The van der Waals surface area contributed by atoms with Crippen molar-refractivity contribution in [2.45, 2.75) is 51.2 Å². The summed E-state index contributed by atoms with van der Waals surface area (Å²) >= 11 is 0. The highest BCUT2D eigenvalue weighted by atomic mass is 16.5. The summed E-state index contributed by atoms with van der Waals surface area (Å²) in [4.78, 5) is 13.4. The zero-order valence-electron chi connectivity index (χ0n) is 12.9. The van der Waals surface area contributed by atoms with Crippen LogP contribution in [0.2, 0.25) is 0 Å². The van der Waals surface area contributed by atoms with Crippen LogP contribution in [0.4, 0.5) is 11.4 Å². The van der Waals surface area contributed by atoms with E-state index in [-0.39, 0.29) is 5.91 Å². The van der Waals surface area contributed by atoms with Crippen molar-refractivity contribution < 1.29 is 9.53 Å². The van der Waals surface area contributed by atoms with Gasteiger partial charge < -0.3 is 15.0 Å². The molecule has 1 aromatic carbocycles. The van der Waals surface area contributed by atoms with Crippen molar-refractivity contribution in [3.05, 3.63) is 23.8 Å². The SMILES string of the molecule is COC1CCCCC1Nc1ccc2c(c1)CCN2C(C)=O. The summed E-state index contributed by atoms with van der Waals surface area (Å²) in [5.74, 6) is 0.126. The molecule has 1 N–H and O–H groups in total. The Morgan fingerprint density at radius 3 is 2.90 bits per heavy atom. The summed E-state index contributed by atoms with van der Waals surface area (Å²) in [6, 6.07) is 6.74. The van der Waals surface area contributed by atoms with Crippen molar-refractivity contribution in [3.63, 3.8) is 0 Å². The minimum Gasteiger partial charge on any atom is -0.380 e. The Kier molecular flexibility index (Phi) is 4.15. The van der Waals surface area contributed by atoms with Crippen LogP contribution in [-0.4, -0.2) is 31.7 Å². The maximum atomic E-state index is 11.6. The normalized spacial score (nSPS) is 24.8. The van der Waals surface area contributed by atoms with Gasteiger partial charge >= 0.3 is 0 Å². The molecule has 1 fully saturated rings. The van der Waals surface area contributed by atoms with Gasteiger partial charge in [0.05, 0.1) is 12.1 Å². The van der Waals surface area contributed by atoms with E-state index in [0.29, 0.717) is 12.1 Å². The number of carbonyl (C=O) groups is 1. The molecule has 0 bridgehead atoms. The maximum Gasteiger partial charge on any atom is 0.223 e. The Balaban J connectivity index is 1.74. The van der Waals surface area contributed by atoms with Gasteiger partial charge in [-0.2, -0.15) is 0 Å². The van der Waals surface area contributed by atoms with E-state index in [4.69, 9.17) is 4.74 Å². The molecule has 21 heavy (non-hydrogen) atoms. The lowest BCUT2D eigenvalue weighted by Crippen LogP contribution is -2.37. The Morgan fingerprint density at radius 1 is 1.33 bits per heavy atom. The molecule has 4 heteroatoms. The van der Waals surface area contributed by atoms with Gasteiger partial charge in [-0.15, -0.1) is 0 Å². The molecule has 0 aromatic heterocycles. The minimum atomic E-state index is 0.126. The number of hydrogen-bond donors (Lipinski definition) is 1. The van der Waals surface area contributed by atoms with Crippen LogP contribution in [0.3, 0.4) is 0 Å². The van der Waals surface area contributed by atoms with E-state index in [2.05, 4.69) is 23.5 Å². The molecule has 0 spiro atoms. The Bertz CT molecular complexity index is 530. The molecule has 4 nitrogen and oxygen atoms in total. The first-order valence-corrected chi connectivity index (χ1v) is 7.89. The average molecular weight is 288 g/mol. The van der Waals surface area contributed by atoms with Crippen molar-refractivity contribution in [1.29, 1.82) is 0 Å². The molecule has 1 aliphatic carbocycles. The second kappa shape index (κ2) is 6.06. The van der Waals surface area contributed by atoms with Gasteiger partial charge in [-0.1, -0.05) is 12.8 Å². The quantitative estimate of drug-likeness (QED) is 0.929. The summed E-state index contributed by atoms with van der Waals surface area (Å²) in [7, 11) is 1.80. The fourth-order valence-electron chi connectivity index (χ4n) is 3.58. The average Bonchev–Trinajstić information content (AvgIpc) is 2.91. The number of methoxy groups -OCH3 is 1. The monoisotopic (exact) mass is 288 g/mol. The topological polar surface area (TPSA) is 41.6 Å². The second-order valence-electron chi connectivity index (χ2n) is 6.07. The predicted molar refractivity (Wildman–Crippen MR) is 84.8 cm³/mol. The fraction of sp³-hybridized carbons (Fsp3) is 0.588. The van der Waals surface area contributed by atoms with Crippen molar-refractivity contribution in [2.75, 3.05) is 23.9 Å². The van der Waals surface area contributed by atoms with Gasteiger partial charge in [0.1, 0.15) is 0 Å². The standard InChI is InChI=1S/C17H24N2O2/c1-12(20)19-10-9-13-11-14(7-8-16(13)19)18-15-5-3-4-6-17(15)21-2/h7-8,11,15,17-18H,3-6,9-10H2,1-2H3. The second-order valence-corrected chi connectivity index (χ2v) is 6.07. The predicted octanol–water partition coefficient (Wildman–Crippen LogP) is 2.97. The molecular weight excluding hydrogens is 264 g/mol. The maximum absolute atomic E-state index is 11.6. The molecular formula is C17H24N2O2. The third kappa shape index (κ3) is 2.91. The van der Waals surface area contributed by atoms with Crippen LogP contribution in [0, 0.1) is 0 Å². The molecule has 2 aliphatic rings. The lowest BCUT2D eigenvalue weighted by atomic mass is 9.92. The van der Waals surface area contributed by atoms with Gasteiger partial charge in [-0.05, 0) is 43.0 Å². The summed E-state index contributed by atoms with van der Waals surface area (Å²) < 4.78 is 5.60. The third-order valence-electron chi connectivity index (χ3n) is 4.71. The van der Waals surface area contributed by atoms with Crippen LogP contribution in [-0.2, 0) is 16.0 Å². The van der Waals surface area contributed by atoms with Gasteiger partial charge in [-0.3, -0.25) is 4.79 Å². The molecule has 114 valence electrons. The van der Waals surface area contributed by atoms with E-state index >= 15 is 0 Å². The molecule has 2 atom stereocenters. The minimum absolute atomic E-state index is 0.126. The van der Waals surface area contributed by atoms with Crippen molar-refractivity contribution in [2.24, 2.45) is 0 Å². The molecule has 3 rings (SSSR count). The van der Waals surface area contributed by atoms with Crippen LogP contribution in [0.25, 0.3) is 0 Å². The van der Waals surface area contributed by atoms with Gasteiger partial charge in [0.25, 0.3) is 0 Å². The summed E-state index contributed by atoms with van der Waals surface area (Å²) in [5.41, 5.74) is 3.48. The number of rotatable bonds is 3. The first kappa shape index (κ1) is 14.4. The lowest BCUT2D eigenvalue weighted by molar-refractivity contribution is -0.116. The zero-order valence-corrected chi connectivity index (χ0v) is 12.9. The Morgan fingerprint density at radius 2 is 2.14 bits per heavy atom. The molecule has 0 radical (unpaired) electrons. The van der Waals surface area contributed by atoms with Crippen LogP contribution in [0.5, 0.6) is 0 Å². The molecule has 2 unspecified atom stereocenters. The zero-order chi connectivity index (χ0) is 14.8. The van der Waals surface area contributed by atoms with Crippen LogP contribution in [0.15, 0.2) is 18.2 Å². The molecule has 1 aliphatic heterocycles. The number of anilines is 2. The highest BCUT2D eigenvalue weighted by Gasteiger charge is 2.26. The summed E-state index contributed by atoms with van der Waals surface area (Å²) in [6.07, 6.45) is 6.07. The van der Waals surface area contributed by atoms with E-state index in [1.54, 1.807) is 14.0 Å². The molecule has 0 saturated heterocycles. The van der Waals surface area contributed by atoms with E-state index in [1.165, 1.54) is 18.4 Å². The van der Waals surface area contributed by atoms with Gasteiger partial charge in [-0.25, -0.2) is 0 Å². The first-order chi connectivity index (χ1) is 10.2. The van der Waals surface area contributed by atoms with Crippen molar-refractivity contribution >= 4 is 17.3 Å². The Hall–Kier alpha value is -1.55. The van der Waals surface area contributed by atoms with E-state index in [0.717, 1.165) is 37.2 Å². The van der Waals surface area contributed by atoms with Crippen LogP contribution >= 0.6 is 0 Å². The van der Waals surface area contributed by atoms with Crippen molar-refractivity contribution in [1.82, 2.24) is 0 Å². The van der Waals surface area contributed by atoms with E-state index in [9.17, 15) is 4.79 Å². The van der Waals surface area contributed by atoms with E-state index < -0.39 is 0 Å². The van der Waals surface area contributed by atoms with Crippen LogP contribution < -0.4 is 10.2 Å². The number of hydrogen-bond acceptors (Lipinski definition) is 3. The largest absolute Gasteiger partial charge is 0.380 e. The number of amides is 1. The third-order valence-corrected chi connectivity index (χ3v) is 4.71. The lowest BCUT2D eigenvalue weighted by Gasteiger charge is -2.32.